The highest BCUT2D eigenvalue weighted by Crippen LogP contribution is 2.38. The molecular formula is C15H22ClNO2S2. The van der Waals surface area contributed by atoms with Gasteiger partial charge in [0.25, 0.3) is 0 Å². The molecule has 1 unspecified atom stereocenters. The maximum absolute atomic E-state index is 12.3. The minimum Gasteiger partial charge on any atom is -0.212 e. The first-order valence-corrected chi connectivity index (χ1v) is 10.4. The average molecular weight is 348 g/mol. The summed E-state index contributed by atoms with van der Waals surface area (Å²) in [6.07, 6.45) is 2.46. The predicted molar refractivity (Wildman–Crippen MR) is 91.5 cm³/mol. The minimum absolute atomic E-state index is 0.269. The zero-order chi connectivity index (χ0) is 15.3. The summed E-state index contributed by atoms with van der Waals surface area (Å²) in [5.41, 5.74) is 1.12. The average Bonchev–Trinajstić information content (AvgIpc) is 2.72. The summed E-state index contributed by atoms with van der Waals surface area (Å²) in [7, 11) is -3.10. The van der Waals surface area contributed by atoms with Crippen molar-refractivity contribution in [2.75, 3.05) is 24.6 Å². The lowest BCUT2D eigenvalue weighted by Gasteiger charge is -2.20. The van der Waals surface area contributed by atoms with Gasteiger partial charge in [-0.25, -0.2) is 12.7 Å². The lowest BCUT2D eigenvalue weighted by atomic mass is 10.1. The molecule has 1 aliphatic heterocycles. The third-order valence-electron chi connectivity index (χ3n) is 3.70. The molecule has 118 valence electrons. The molecule has 0 aliphatic carbocycles. The highest BCUT2D eigenvalue weighted by molar-refractivity contribution is 7.99. The number of sulfonamides is 1. The van der Waals surface area contributed by atoms with Gasteiger partial charge in [-0.1, -0.05) is 43.1 Å². The van der Waals surface area contributed by atoms with Crippen molar-refractivity contribution in [1.29, 1.82) is 0 Å². The Hall–Kier alpha value is -0.230. The zero-order valence-corrected chi connectivity index (χ0v) is 14.7. The van der Waals surface area contributed by atoms with Crippen LogP contribution in [0.1, 0.15) is 37.0 Å². The van der Waals surface area contributed by atoms with E-state index in [1.54, 1.807) is 16.1 Å². The van der Waals surface area contributed by atoms with Gasteiger partial charge in [-0.15, -0.1) is 0 Å². The number of halogens is 1. The van der Waals surface area contributed by atoms with E-state index in [0.29, 0.717) is 13.1 Å². The molecule has 0 amide bonds. The standard InChI is InChI=1S/C15H22ClNO2S2/c1-2-3-12-21(18,19)17-9-8-15(20-11-10-17)13-6-4-5-7-14(13)16/h4-7,15H,2-3,8-12H2,1H3. The molecule has 1 saturated heterocycles. The number of rotatable bonds is 5. The van der Waals surface area contributed by atoms with Gasteiger partial charge in [0.15, 0.2) is 0 Å². The van der Waals surface area contributed by atoms with Crippen LogP contribution in [0.2, 0.25) is 5.02 Å². The Morgan fingerprint density at radius 2 is 2.10 bits per heavy atom. The number of unbranched alkanes of at least 4 members (excludes halogenated alkanes) is 1. The summed E-state index contributed by atoms with van der Waals surface area (Å²) in [5, 5.41) is 1.06. The summed E-state index contributed by atoms with van der Waals surface area (Å²) < 4.78 is 26.3. The van der Waals surface area contributed by atoms with Gasteiger partial charge >= 0.3 is 0 Å². The third-order valence-corrected chi connectivity index (χ3v) is 7.31. The van der Waals surface area contributed by atoms with E-state index in [9.17, 15) is 8.42 Å². The molecule has 1 fully saturated rings. The first-order chi connectivity index (χ1) is 10.0. The lowest BCUT2D eigenvalue weighted by Crippen LogP contribution is -2.34. The van der Waals surface area contributed by atoms with Gasteiger partial charge in [0.1, 0.15) is 0 Å². The highest BCUT2D eigenvalue weighted by Gasteiger charge is 2.27. The van der Waals surface area contributed by atoms with Crippen molar-refractivity contribution in [3.05, 3.63) is 34.9 Å². The molecule has 1 aromatic rings. The molecule has 3 nitrogen and oxygen atoms in total. The van der Waals surface area contributed by atoms with Crippen LogP contribution in [0.5, 0.6) is 0 Å². The van der Waals surface area contributed by atoms with Crippen molar-refractivity contribution in [1.82, 2.24) is 4.31 Å². The molecule has 2 rings (SSSR count). The lowest BCUT2D eigenvalue weighted by molar-refractivity contribution is 0.427. The maximum atomic E-state index is 12.3. The molecule has 0 aromatic heterocycles. The van der Waals surface area contributed by atoms with E-state index in [4.69, 9.17) is 11.6 Å². The zero-order valence-electron chi connectivity index (χ0n) is 12.3. The first-order valence-electron chi connectivity index (χ1n) is 7.38. The summed E-state index contributed by atoms with van der Waals surface area (Å²) in [5.74, 6) is 1.09. The van der Waals surface area contributed by atoms with E-state index in [1.807, 2.05) is 31.2 Å². The number of hydrogen-bond acceptors (Lipinski definition) is 3. The number of hydrogen-bond donors (Lipinski definition) is 0. The fraction of sp³-hybridized carbons (Fsp3) is 0.600. The summed E-state index contributed by atoms with van der Waals surface area (Å²) in [6.45, 7) is 3.22. The second-order valence-electron chi connectivity index (χ2n) is 5.24. The van der Waals surface area contributed by atoms with Gasteiger partial charge in [0.05, 0.1) is 5.75 Å². The van der Waals surface area contributed by atoms with Gasteiger partial charge in [0.2, 0.25) is 10.0 Å². The van der Waals surface area contributed by atoms with Crippen molar-refractivity contribution >= 4 is 33.4 Å². The van der Waals surface area contributed by atoms with Crippen LogP contribution >= 0.6 is 23.4 Å². The molecule has 0 spiro atoms. The largest absolute Gasteiger partial charge is 0.214 e. The number of thioether (sulfide) groups is 1. The molecule has 6 heteroatoms. The van der Waals surface area contributed by atoms with Crippen molar-refractivity contribution in [3.8, 4) is 0 Å². The number of benzene rings is 1. The Morgan fingerprint density at radius 3 is 2.81 bits per heavy atom. The normalized spacial score (nSPS) is 21.1. The molecule has 1 heterocycles. The minimum atomic E-state index is -3.10. The summed E-state index contributed by atoms with van der Waals surface area (Å²) in [4.78, 5) is 0. The SMILES string of the molecule is CCCCS(=O)(=O)N1CCSC(c2ccccc2Cl)CC1. The molecule has 1 aromatic carbocycles. The summed E-state index contributed by atoms with van der Waals surface area (Å²) in [6, 6.07) is 7.86. The van der Waals surface area contributed by atoms with E-state index < -0.39 is 10.0 Å². The van der Waals surface area contributed by atoms with Crippen LogP contribution in [-0.2, 0) is 10.0 Å². The van der Waals surface area contributed by atoms with E-state index in [-0.39, 0.29) is 11.0 Å². The molecule has 0 N–H and O–H groups in total. The smallest absolute Gasteiger partial charge is 0.212 e. The fourth-order valence-electron chi connectivity index (χ4n) is 2.47. The molecule has 21 heavy (non-hydrogen) atoms. The quantitative estimate of drug-likeness (QED) is 0.809. The van der Waals surface area contributed by atoms with E-state index in [1.165, 1.54) is 0 Å². The Labute approximate surface area is 137 Å². The van der Waals surface area contributed by atoms with Crippen molar-refractivity contribution < 1.29 is 8.42 Å². The van der Waals surface area contributed by atoms with Gasteiger partial charge in [-0.2, -0.15) is 11.8 Å². The van der Waals surface area contributed by atoms with Gasteiger partial charge in [0, 0.05) is 29.1 Å². The second-order valence-corrected chi connectivity index (χ2v) is 9.04. The monoisotopic (exact) mass is 347 g/mol. The van der Waals surface area contributed by atoms with E-state index >= 15 is 0 Å². The second kappa shape index (κ2) is 7.86. The molecular weight excluding hydrogens is 326 g/mol. The predicted octanol–water partition coefficient (Wildman–Crippen LogP) is 3.95. The van der Waals surface area contributed by atoms with Crippen LogP contribution in [-0.4, -0.2) is 37.3 Å². The van der Waals surface area contributed by atoms with Crippen LogP contribution in [0.4, 0.5) is 0 Å². The molecule has 1 aliphatic rings. The molecule has 0 saturated carbocycles. The highest BCUT2D eigenvalue weighted by atomic mass is 35.5. The molecule has 1 atom stereocenters. The maximum Gasteiger partial charge on any atom is 0.214 e. The van der Waals surface area contributed by atoms with Crippen LogP contribution in [0.15, 0.2) is 24.3 Å². The Morgan fingerprint density at radius 1 is 1.33 bits per heavy atom. The Bertz CT molecular complexity index is 563. The molecule has 0 radical (unpaired) electrons. The van der Waals surface area contributed by atoms with Gasteiger partial charge in [-0.05, 0) is 24.5 Å². The van der Waals surface area contributed by atoms with Crippen LogP contribution in [0, 0.1) is 0 Å². The molecule has 0 bridgehead atoms. The Balaban J connectivity index is 2.04. The van der Waals surface area contributed by atoms with E-state index in [2.05, 4.69) is 0 Å². The number of nitrogens with zero attached hydrogens (tertiary/aromatic N) is 1. The van der Waals surface area contributed by atoms with Crippen LogP contribution in [0.25, 0.3) is 0 Å². The third kappa shape index (κ3) is 4.62. The first kappa shape index (κ1) is 17.1. The van der Waals surface area contributed by atoms with Crippen molar-refractivity contribution in [2.45, 2.75) is 31.4 Å². The topological polar surface area (TPSA) is 37.4 Å². The van der Waals surface area contributed by atoms with Crippen molar-refractivity contribution in [2.24, 2.45) is 0 Å². The van der Waals surface area contributed by atoms with Crippen molar-refractivity contribution in [3.63, 3.8) is 0 Å². The Kier molecular flexibility index (Phi) is 6.41. The van der Waals surface area contributed by atoms with Gasteiger partial charge < -0.3 is 0 Å². The summed E-state index contributed by atoms with van der Waals surface area (Å²) >= 11 is 8.06. The fourth-order valence-corrected chi connectivity index (χ4v) is 5.85. The van der Waals surface area contributed by atoms with E-state index in [0.717, 1.165) is 35.6 Å². The van der Waals surface area contributed by atoms with Crippen LogP contribution < -0.4 is 0 Å². The van der Waals surface area contributed by atoms with Crippen LogP contribution in [0.3, 0.4) is 0 Å². The van der Waals surface area contributed by atoms with Gasteiger partial charge in [-0.3, -0.25) is 0 Å².